The fraction of sp³-hybridized carbons (Fsp3) is 0.0870. The van der Waals surface area contributed by atoms with Crippen LogP contribution in [0.15, 0.2) is 83.4 Å². The third kappa shape index (κ3) is 3.12. The van der Waals surface area contributed by atoms with Gasteiger partial charge in [0, 0.05) is 11.1 Å². The van der Waals surface area contributed by atoms with Crippen molar-refractivity contribution in [3.8, 4) is 11.5 Å². The van der Waals surface area contributed by atoms with Crippen molar-refractivity contribution in [3.63, 3.8) is 0 Å². The molecule has 5 rings (SSSR count). The third-order valence-electron chi connectivity index (χ3n) is 5.24. The lowest BCUT2D eigenvalue weighted by Gasteiger charge is -2.32. The summed E-state index contributed by atoms with van der Waals surface area (Å²) >= 11 is 0. The second kappa shape index (κ2) is 7.17. The van der Waals surface area contributed by atoms with Crippen molar-refractivity contribution in [2.24, 2.45) is 0 Å². The van der Waals surface area contributed by atoms with Gasteiger partial charge >= 0.3 is 5.97 Å². The average molecular weight is 435 g/mol. The van der Waals surface area contributed by atoms with Crippen LogP contribution in [0.25, 0.3) is 5.57 Å². The molecule has 31 heavy (non-hydrogen) atoms. The SMILES string of the molecule is O=C(O)C1=C(c2ccc3c(c2)OCO3)c2ccccc2S(=O)(=O)N1Cc1ccccc1. The molecule has 0 aliphatic carbocycles. The first-order valence-corrected chi connectivity index (χ1v) is 10.9. The van der Waals surface area contributed by atoms with E-state index in [0.717, 1.165) is 4.31 Å². The first-order chi connectivity index (χ1) is 15.0. The molecule has 8 heteroatoms. The lowest BCUT2D eigenvalue weighted by molar-refractivity contribution is -0.133. The van der Waals surface area contributed by atoms with Crippen LogP contribution in [0.5, 0.6) is 11.5 Å². The number of carboxylic acid groups (broad SMARTS) is 1. The number of rotatable bonds is 4. The van der Waals surface area contributed by atoms with Crippen molar-refractivity contribution in [1.82, 2.24) is 4.31 Å². The van der Waals surface area contributed by atoms with Crippen LogP contribution in [-0.4, -0.2) is 30.6 Å². The fourth-order valence-electron chi connectivity index (χ4n) is 3.86. The predicted molar refractivity (Wildman–Crippen MR) is 112 cm³/mol. The molecule has 0 spiro atoms. The van der Waals surface area contributed by atoms with Crippen LogP contribution >= 0.6 is 0 Å². The molecule has 0 amide bonds. The highest BCUT2D eigenvalue weighted by molar-refractivity contribution is 7.89. The summed E-state index contributed by atoms with van der Waals surface area (Å²) in [4.78, 5) is 12.5. The van der Waals surface area contributed by atoms with E-state index < -0.39 is 16.0 Å². The standard InChI is InChI=1S/C23H17NO6S/c25-23(26)22-21(16-10-11-18-19(12-16)30-14-29-18)17-8-4-5-9-20(17)31(27,28)24(22)13-15-6-2-1-3-7-15/h1-12H,13-14H2,(H,25,26). The van der Waals surface area contributed by atoms with Crippen molar-refractivity contribution < 1.29 is 27.8 Å². The van der Waals surface area contributed by atoms with Crippen molar-refractivity contribution in [2.75, 3.05) is 6.79 Å². The highest BCUT2D eigenvalue weighted by Gasteiger charge is 2.40. The number of sulfonamides is 1. The number of carbonyl (C=O) groups is 1. The molecule has 2 aliphatic heterocycles. The molecule has 156 valence electrons. The Morgan fingerprint density at radius 1 is 0.935 bits per heavy atom. The topological polar surface area (TPSA) is 93.1 Å². The van der Waals surface area contributed by atoms with Gasteiger partial charge in [0.2, 0.25) is 6.79 Å². The summed E-state index contributed by atoms with van der Waals surface area (Å²) in [5.74, 6) is -0.295. The van der Waals surface area contributed by atoms with Crippen molar-refractivity contribution >= 4 is 21.6 Å². The van der Waals surface area contributed by atoms with Gasteiger partial charge in [-0.25, -0.2) is 13.2 Å². The molecule has 0 unspecified atom stereocenters. The normalized spacial score (nSPS) is 16.2. The van der Waals surface area contributed by atoms with Gasteiger partial charge in [0.1, 0.15) is 5.70 Å². The predicted octanol–water partition coefficient (Wildman–Crippen LogP) is 3.46. The molecular weight excluding hydrogens is 418 g/mol. The van der Waals surface area contributed by atoms with E-state index in [1.54, 1.807) is 60.7 Å². The zero-order valence-electron chi connectivity index (χ0n) is 16.2. The molecule has 0 bridgehead atoms. The second-order valence-electron chi connectivity index (χ2n) is 7.09. The van der Waals surface area contributed by atoms with E-state index in [4.69, 9.17) is 9.47 Å². The van der Waals surface area contributed by atoms with Crippen LogP contribution in [0.3, 0.4) is 0 Å². The number of hydrogen-bond donors (Lipinski definition) is 1. The number of ether oxygens (including phenoxy) is 2. The molecule has 2 heterocycles. The summed E-state index contributed by atoms with van der Waals surface area (Å²) in [5, 5.41) is 10.1. The van der Waals surface area contributed by atoms with Gasteiger partial charge in [-0.1, -0.05) is 54.6 Å². The minimum atomic E-state index is -4.09. The molecule has 0 radical (unpaired) electrons. The summed E-state index contributed by atoms with van der Waals surface area (Å²) in [6, 6.07) is 20.4. The first kappa shape index (κ1) is 19.2. The minimum Gasteiger partial charge on any atom is -0.477 e. The highest BCUT2D eigenvalue weighted by atomic mass is 32.2. The molecule has 7 nitrogen and oxygen atoms in total. The van der Waals surface area contributed by atoms with E-state index in [9.17, 15) is 18.3 Å². The van der Waals surface area contributed by atoms with E-state index in [1.165, 1.54) is 6.07 Å². The molecular formula is C23H17NO6S. The highest BCUT2D eigenvalue weighted by Crippen LogP contribution is 2.43. The van der Waals surface area contributed by atoms with Crippen molar-refractivity contribution in [3.05, 3.63) is 95.2 Å². The summed E-state index contributed by atoms with van der Waals surface area (Å²) in [5.41, 5.74) is 1.55. The van der Waals surface area contributed by atoms with E-state index in [1.807, 2.05) is 6.07 Å². The van der Waals surface area contributed by atoms with Gasteiger partial charge in [-0.15, -0.1) is 0 Å². The van der Waals surface area contributed by atoms with Crippen LogP contribution in [-0.2, 0) is 21.4 Å². The molecule has 0 aromatic heterocycles. The number of carboxylic acids is 1. The lowest BCUT2D eigenvalue weighted by atomic mass is 9.94. The summed E-state index contributed by atoms with van der Waals surface area (Å²) in [6.07, 6.45) is 0. The molecule has 0 saturated carbocycles. The number of fused-ring (bicyclic) bond motifs is 2. The van der Waals surface area contributed by atoms with E-state index in [2.05, 4.69) is 0 Å². The van der Waals surface area contributed by atoms with Crippen LogP contribution in [0, 0.1) is 0 Å². The Hall–Kier alpha value is -3.78. The number of hydrogen-bond acceptors (Lipinski definition) is 5. The van der Waals surface area contributed by atoms with Gasteiger partial charge in [0.05, 0.1) is 11.4 Å². The molecule has 3 aromatic carbocycles. The smallest absolute Gasteiger partial charge is 0.353 e. The summed E-state index contributed by atoms with van der Waals surface area (Å²) in [6.45, 7) is -0.0259. The largest absolute Gasteiger partial charge is 0.477 e. The van der Waals surface area contributed by atoms with Gasteiger partial charge in [-0.05, 0) is 29.3 Å². The molecule has 2 aliphatic rings. The average Bonchev–Trinajstić information content (AvgIpc) is 3.24. The first-order valence-electron chi connectivity index (χ1n) is 9.50. The molecule has 0 fully saturated rings. The maximum Gasteiger partial charge on any atom is 0.353 e. The number of nitrogens with zero attached hydrogens (tertiary/aromatic N) is 1. The van der Waals surface area contributed by atoms with Crippen molar-refractivity contribution in [2.45, 2.75) is 11.4 Å². The van der Waals surface area contributed by atoms with Crippen LogP contribution in [0.4, 0.5) is 0 Å². The maximum absolute atomic E-state index is 13.5. The van der Waals surface area contributed by atoms with Crippen molar-refractivity contribution in [1.29, 1.82) is 0 Å². The van der Waals surface area contributed by atoms with E-state index >= 15 is 0 Å². The monoisotopic (exact) mass is 435 g/mol. The Kier molecular flexibility index (Phi) is 4.44. The molecule has 0 atom stereocenters. The fourth-order valence-corrected chi connectivity index (χ4v) is 5.53. The zero-order chi connectivity index (χ0) is 21.6. The Balaban J connectivity index is 1.79. The van der Waals surface area contributed by atoms with Gasteiger partial charge in [-0.2, -0.15) is 0 Å². The Morgan fingerprint density at radius 2 is 1.65 bits per heavy atom. The molecule has 1 N–H and O–H groups in total. The van der Waals surface area contributed by atoms with Crippen LogP contribution in [0.1, 0.15) is 16.7 Å². The number of benzene rings is 3. The summed E-state index contributed by atoms with van der Waals surface area (Å²) in [7, 11) is -4.09. The molecule has 3 aromatic rings. The zero-order valence-corrected chi connectivity index (χ0v) is 17.0. The Bertz CT molecular complexity index is 1330. The van der Waals surface area contributed by atoms with Gasteiger partial charge in [0.15, 0.2) is 11.5 Å². The Labute approximate surface area is 178 Å². The minimum absolute atomic E-state index is 0.0589. The van der Waals surface area contributed by atoms with E-state index in [-0.39, 0.29) is 23.9 Å². The quantitative estimate of drug-likeness (QED) is 0.675. The van der Waals surface area contributed by atoms with E-state index in [0.29, 0.717) is 33.8 Å². The number of aliphatic carboxylic acids is 1. The second-order valence-corrected chi connectivity index (χ2v) is 8.92. The lowest BCUT2D eigenvalue weighted by Crippen LogP contribution is -2.37. The van der Waals surface area contributed by atoms with Gasteiger partial charge < -0.3 is 14.6 Å². The maximum atomic E-state index is 13.5. The van der Waals surface area contributed by atoms with Gasteiger partial charge in [0.25, 0.3) is 10.0 Å². The molecule has 0 saturated heterocycles. The van der Waals surface area contributed by atoms with Crippen LogP contribution < -0.4 is 9.47 Å². The Morgan fingerprint density at radius 3 is 2.42 bits per heavy atom. The summed E-state index contributed by atoms with van der Waals surface area (Å²) < 4.78 is 38.7. The van der Waals surface area contributed by atoms with Crippen LogP contribution in [0.2, 0.25) is 0 Å². The third-order valence-corrected chi connectivity index (χ3v) is 7.05. The van der Waals surface area contributed by atoms with Gasteiger partial charge in [-0.3, -0.25) is 4.31 Å².